The van der Waals surface area contributed by atoms with Gasteiger partial charge in [-0.05, 0) is 6.92 Å². The molecule has 0 aliphatic carbocycles. The maximum absolute atomic E-state index is 5.48. The number of ether oxygens (including phenoxy) is 2. The number of nitrogens with zero attached hydrogens (tertiary/aromatic N) is 2. The van der Waals surface area contributed by atoms with Crippen LogP contribution in [0.4, 0.5) is 5.95 Å². The Morgan fingerprint density at radius 3 is 3.15 bits per heavy atom. The molecule has 5 heteroatoms. The molecule has 0 unspecified atom stereocenters. The summed E-state index contributed by atoms with van der Waals surface area (Å²) in [5, 5.41) is 0. The fourth-order valence-corrected chi connectivity index (χ4v) is 1.30. The number of nitrogen functional groups attached to an aromatic ring is 1. The van der Waals surface area contributed by atoms with Crippen molar-refractivity contribution in [2.75, 3.05) is 18.9 Å². The van der Waals surface area contributed by atoms with Gasteiger partial charge in [0, 0.05) is 6.42 Å². The van der Waals surface area contributed by atoms with Crippen molar-refractivity contribution in [1.29, 1.82) is 0 Å². The summed E-state index contributed by atoms with van der Waals surface area (Å²) in [5.41, 5.74) is 6.41. The molecule has 2 rings (SSSR count). The topological polar surface area (TPSA) is 70.3 Å². The maximum atomic E-state index is 5.48. The van der Waals surface area contributed by atoms with Gasteiger partial charge in [0.25, 0.3) is 0 Å². The quantitative estimate of drug-likeness (QED) is 0.714. The zero-order chi connectivity index (χ0) is 9.26. The Labute approximate surface area is 75.9 Å². The zero-order valence-corrected chi connectivity index (χ0v) is 7.41. The average molecular weight is 181 g/mol. The van der Waals surface area contributed by atoms with Crippen LogP contribution in [0, 0.1) is 0 Å². The van der Waals surface area contributed by atoms with Gasteiger partial charge in [-0.2, -0.15) is 9.97 Å². The summed E-state index contributed by atoms with van der Waals surface area (Å²) in [7, 11) is 0. The van der Waals surface area contributed by atoms with E-state index in [9.17, 15) is 0 Å². The third kappa shape index (κ3) is 1.37. The highest BCUT2D eigenvalue weighted by atomic mass is 16.5. The highest BCUT2D eigenvalue weighted by Crippen LogP contribution is 2.30. The lowest BCUT2D eigenvalue weighted by Crippen LogP contribution is -2.02. The van der Waals surface area contributed by atoms with Gasteiger partial charge in [-0.1, -0.05) is 0 Å². The van der Waals surface area contributed by atoms with Gasteiger partial charge in [0.1, 0.15) is 0 Å². The molecular formula is C8H11N3O2. The molecule has 70 valence electrons. The van der Waals surface area contributed by atoms with E-state index in [1.54, 1.807) is 0 Å². The largest absolute Gasteiger partial charge is 0.478 e. The van der Waals surface area contributed by atoms with E-state index in [-0.39, 0.29) is 5.95 Å². The number of rotatable bonds is 2. The number of hydrogen-bond acceptors (Lipinski definition) is 5. The van der Waals surface area contributed by atoms with Crippen LogP contribution in [-0.4, -0.2) is 23.2 Å². The van der Waals surface area contributed by atoms with Gasteiger partial charge in [0.05, 0.1) is 18.8 Å². The molecule has 1 aromatic rings. The van der Waals surface area contributed by atoms with Gasteiger partial charge >= 0.3 is 0 Å². The van der Waals surface area contributed by atoms with E-state index in [0.717, 1.165) is 12.0 Å². The summed E-state index contributed by atoms with van der Waals surface area (Å²) in [6, 6.07) is 0. The second-order valence-corrected chi connectivity index (χ2v) is 2.70. The Balaban J connectivity index is 2.43. The lowest BCUT2D eigenvalue weighted by molar-refractivity contribution is 0.322. The summed E-state index contributed by atoms with van der Waals surface area (Å²) >= 11 is 0. The van der Waals surface area contributed by atoms with Crippen LogP contribution in [0.15, 0.2) is 0 Å². The van der Waals surface area contributed by atoms with Crippen molar-refractivity contribution in [2.24, 2.45) is 0 Å². The van der Waals surface area contributed by atoms with Gasteiger partial charge in [-0.25, -0.2) is 0 Å². The molecule has 1 aromatic heterocycles. The van der Waals surface area contributed by atoms with E-state index in [1.807, 2.05) is 6.92 Å². The Morgan fingerprint density at radius 2 is 2.38 bits per heavy atom. The van der Waals surface area contributed by atoms with Gasteiger partial charge in [-0.3, -0.25) is 0 Å². The molecule has 1 aliphatic heterocycles. The van der Waals surface area contributed by atoms with Crippen LogP contribution in [0.1, 0.15) is 12.5 Å². The normalized spacial score (nSPS) is 13.6. The SMILES string of the molecule is CCOc1nc(N)nc2c1CCO2. The standard InChI is InChI=1S/C8H11N3O2/c1-2-12-6-5-3-4-13-7(5)11-8(9)10-6/h2-4H2,1H3,(H2,9,10,11). The summed E-state index contributed by atoms with van der Waals surface area (Å²) in [6.07, 6.45) is 0.797. The Hall–Kier alpha value is -1.52. The highest BCUT2D eigenvalue weighted by molar-refractivity contribution is 5.42. The van der Waals surface area contributed by atoms with Crippen molar-refractivity contribution in [3.63, 3.8) is 0 Å². The number of anilines is 1. The van der Waals surface area contributed by atoms with Crippen molar-refractivity contribution in [3.8, 4) is 11.8 Å². The summed E-state index contributed by atoms with van der Waals surface area (Å²) < 4.78 is 10.6. The smallest absolute Gasteiger partial charge is 0.226 e. The molecule has 2 heterocycles. The fourth-order valence-electron chi connectivity index (χ4n) is 1.30. The first-order valence-electron chi connectivity index (χ1n) is 4.23. The summed E-state index contributed by atoms with van der Waals surface area (Å²) in [4.78, 5) is 7.96. The summed E-state index contributed by atoms with van der Waals surface area (Å²) in [6.45, 7) is 3.11. The highest BCUT2D eigenvalue weighted by Gasteiger charge is 2.20. The van der Waals surface area contributed by atoms with E-state index in [4.69, 9.17) is 15.2 Å². The second-order valence-electron chi connectivity index (χ2n) is 2.70. The van der Waals surface area contributed by atoms with Crippen LogP contribution in [0.25, 0.3) is 0 Å². The Kier molecular flexibility index (Phi) is 1.92. The molecule has 2 N–H and O–H groups in total. The van der Waals surface area contributed by atoms with Crippen molar-refractivity contribution in [2.45, 2.75) is 13.3 Å². The molecule has 0 amide bonds. The summed E-state index contributed by atoms with van der Waals surface area (Å²) in [5.74, 6) is 1.32. The van der Waals surface area contributed by atoms with Crippen molar-refractivity contribution in [1.82, 2.24) is 9.97 Å². The average Bonchev–Trinajstić information content (AvgIpc) is 2.52. The van der Waals surface area contributed by atoms with Crippen LogP contribution in [-0.2, 0) is 6.42 Å². The maximum Gasteiger partial charge on any atom is 0.226 e. The van der Waals surface area contributed by atoms with Crippen molar-refractivity contribution in [3.05, 3.63) is 5.56 Å². The monoisotopic (exact) mass is 181 g/mol. The van der Waals surface area contributed by atoms with E-state index in [2.05, 4.69) is 9.97 Å². The number of aromatic nitrogens is 2. The molecule has 0 saturated carbocycles. The lowest BCUT2D eigenvalue weighted by Gasteiger charge is -2.06. The number of hydrogen-bond donors (Lipinski definition) is 1. The minimum Gasteiger partial charge on any atom is -0.478 e. The van der Waals surface area contributed by atoms with Crippen molar-refractivity contribution >= 4 is 5.95 Å². The first-order chi connectivity index (χ1) is 6.31. The molecule has 5 nitrogen and oxygen atoms in total. The van der Waals surface area contributed by atoms with E-state index in [1.165, 1.54) is 0 Å². The van der Waals surface area contributed by atoms with E-state index in [0.29, 0.717) is 25.0 Å². The van der Waals surface area contributed by atoms with Gasteiger partial charge in [-0.15, -0.1) is 0 Å². The first-order valence-corrected chi connectivity index (χ1v) is 4.23. The number of nitrogens with two attached hydrogens (primary N) is 1. The predicted octanol–water partition coefficient (Wildman–Crippen LogP) is 0.392. The molecule has 0 atom stereocenters. The fraction of sp³-hybridized carbons (Fsp3) is 0.500. The molecule has 0 radical (unpaired) electrons. The molecule has 0 saturated heterocycles. The molecule has 1 aliphatic rings. The number of fused-ring (bicyclic) bond motifs is 1. The molecule has 0 spiro atoms. The lowest BCUT2D eigenvalue weighted by atomic mass is 10.2. The van der Waals surface area contributed by atoms with Crippen LogP contribution < -0.4 is 15.2 Å². The third-order valence-corrected chi connectivity index (χ3v) is 1.82. The molecule has 0 fully saturated rings. The van der Waals surface area contributed by atoms with Crippen LogP contribution in [0.5, 0.6) is 11.8 Å². The third-order valence-electron chi connectivity index (χ3n) is 1.82. The van der Waals surface area contributed by atoms with E-state index < -0.39 is 0 Å². The zero-order valence-electron chi connectivity index (χ0n) is 7.41. The van der Waals surface area contributed by atoms with Crippen LogP contribution in [0.3, 0.4) is 0 Å². The van der Waals surface area contributed by atoms with Crippen LogP contribution >= 0.6 is 0 Å². The van der Waals surface area contributed by atoms with Gasteiger partial charge < -0.3 is 15.2 Å². The van der Waals surface area contributed by atoms with Crippen LogP contribution in [0.2, 0.25) is 0 Å². The minimum atomic E-state index is 0.198. The molecule has 13 heavy (non-hydrogen) atoms. The second kappa shape index (κ2) is 3.08. The van der Waals surface area contributed by atoms with E-state index >= 15 is 0 Å². The Morgan fingerprint density at radius 1 is 1.54 bits per heavy atom. The van der Waals surface area contributed by atoms with Gasteiger partial charge in [0.2, 0.25) is 17.7 Å². The first kappa shape index (κ1) is 8.10. The van der Waals surface area contributed by atoms with Gasteiger partial charge in [0.15, 0.2) is 0 Å². The molecule has 0 bridgehead atoms. The Bertz CT molecular complexity index is 327. The molecular weight excluding hydrogens is 170 g/mol. The predicted molar refractivity (Wildman–Crippen MR) is 46.8 cm³/mol. The van der Waals surface area contributed by atoms with Crippen molar-refractivity contribution < 1.29 is 9.47 Å². The molecule has 0 aromatic carbocycles. The minimum absolute atomic E-state index is 0.198.